The van der Waals surface area contributed by atoms with E-state index >= 15 is 0 Å². The van der Waals surface area contributed by atoms with Crippen LogP contribution in [0.25, 0.3) is 0 Å². The number of nitrogens with zero attached hydrogens (tertiary/aromatic N) is 3. The van der Waals surface area contributed by atoms with Gasteiger partial charge < -0.3 is 4.90 Å². The van der Waals surface area contributed by atoms with Gasteiger partial charge in [0.15, 0.2) is 0 Å². The normalized spacial score (nSPS) is 15.7. The second kappa shape index (κ2) is 8.81. The van der Waals surface area contributed by atoms with Gasteiger partial charge in [-0.25, -0.2) is 5.01 Å². The van der Waals surface area contributed by atoms with Crippen LogP contribution >= 0.6 is 22.9 Å². The Hall–Kier alpha value is -2.96. The number of hydrogen-bond acceptors (Lipinski definition) is 4. The second-order valence-corrected chi connectivity index (χ2v) is 8.39. The standard InChI is InChI=1S/C23H20ClN3O2S/c1-26(23(29)17-10-5-6-11-18(17)24)15-22(28)27-20(16-8-3-2-4-9-16)14-19(25-27)21-12-7-13-30-21/h2-13,20H,14-15H2,1H3/t20-/m0/s1. The van der Waals surface area contributed by atoms with E-state index in [1.165, 1.54) is 9.91 Å². The summed E-state index contributed by atoms with van der Waals surface area (Å²) in [6, 6.07) is 20.5. The Morgan fingerprint density at radius 1 is 1.10 bits per heavy atom. The number of halogens is 1. The van der Waals surface area contributed by atoms with Gasteiger partial charge >= 0.3 is 0 Å². The van der Waals surface area contributed by atoms with E-state index in [4.69, 9.17) is 11.6 Å². The first kappa shape index (κ1) is 20.3. The van der Waals surface area contributed by atoms with Gasteiger partial charge in [-0.1, -0.05) is 60.1 Å². The Kier molecular flexibility index (Phi) is 5.97. The smallest absolute Gasteiger partial charge is 0.262 e. The van der Waals surface area contributed by atoms with Gasteiger partial charge in [0.1, 0.15) is 6.54 Å². The van der Waals surface area contributed by atoms with Crippen molar-refractivity contribution >= 4 is 40.5 Å². The molecule has 0 unspecified atom stereocenters. The van der Waals surface area contributed by atoms with Crippen molar-refractivity contribution < 1.29 is 9.59 Å². The fraction of sp³-hybridized carbons (Fsp3) is 0.174. The zero-order valence-electron chi connectivity index (χ0n) is 16.4. The van der Waals surface area contributed by atoms with E-state index in [1.54, 1.807) is 42.6 Å². The molecular formula is C23H20ClN3O2S. The predicted octanol–water partition coefficient (Wildman–Crippen LogP) is 4.85. The molecule has 0 fully saturated rings. The molecule has 5 nitrogen and oxygen atoms in total. The summed E-state index contributed by atoms with van der Waals surface area (Å²) in [6.07, 6.45) is 0.637. The van der Waals surface area contributed by atoms with Gasteiger partial charge in [-0.3, -0.25) is 9.59 Å². The molecule has 0 bridgehead atoms. The van der Waals surface area contributed by atoms with E-state index in [0.717, 1.165) is 16.2 Å². The van der Waals surface area contributed by atoms with Gasteiger partial charge in [-0.2, -0.15) is 5.10 Å². The summed E-state index contributed by atoms with van der Waals surface area (Å²) >= 11 is 7.74. The van der Waals surface area contributed by atoms with Crippen LogP contribution in [0.5, 0.6) is 0 Å². The van der Waals surface area contributed by atoms with Crippen molar-refractivity contribution in [2.24, 2.45) is 5.10 Å². The monoisotopic (exact) mass is 437 g/mol. The third-order valence-electron chi connectivity index (χ3n) is 4.98. The molecule has 0 N–H and O–H groups in total. The lowest BCUT2D eigenvalue weighted by Gasteiger charge is -2.25. The number of carbonyl (C=O) groups is 2. The fourth-order valence-electron chi connectivity index (χ4n) is 3.45. The SMILES string of the molecule is CN(CC(=O)N1N=C(c2cccs2)C[C@H]1c1ccccc1)C(=O)c1ccccc1Cl. The highest BCUT2D eigenvalue weighted by Crippen LogP contribution is 2.33. The number of rotatable bonds is 5. The van der Waals surface area contributed by atoms with E-state index in [-0.39, 0.29) is 24.4 Å². The topological polar surface area (TPSA) is 53.0 Å². The highest BCUT2D eigenvalue weighted by atomic mass is 35.5. The molecule has 3 aromatic rings. The largest absolute Gasteiger partial charge is 0.332 e. The number of thiophene rings is 1. The summed E-state index contributed by atoms with van der Waals surface area (Å²) in [4.78, 5) is 28.4. The van der Waals surface area contributed by atoms with Gasteiger partial charge in [-0.15, -0.1) is 11.3 Å². The zero-order chi connectivity index (χ0) is 21.1. The first-order valence-corrected chi connectivity index (χ1v) is 10.8. The van der Waals surface area contributed by atoms with E-state index in [1.807, 2.05) is 47.8 Å². The van der Waals surface area contributed by atoms with Gasteiger partial charge in [0.2, 0.25) is 0 Å². The maximum atomic E-state index is 13.2. The minimum atomic E-state index is -0.299. The minimum absolute atomic E-state index is 0.0887. The average Bonchev–Trinajstić information content (AvgIpc) is 3.44. The molecular weight excluding hydrogens is 418 g/mol. The molecule has 0 saturated heterocycles. The molecule has 0 aliphatic carbocycles. The van der Waals surface area contributed by atoms with Crippen molar-refractivity contribution in [1.29, 1.82) is 0 Å². The number of likely N-dealkylation sites (N-methyl/N-ethyl adjacent to an activating group) is 1. The molecule has 1 atom stereocenters. The van der Waals surface area contributed by atoms with Crippen molar-refractivity contribution in [3.8, 4) is 0 Å². The summed E-state index contributed by atoms with van der Waals surface area (Å²) in [7, 11) is 1.60. The van der Waals surface area contributed by atoms with E-state index in [9.17, 15) is 9.59 Å². The number of amides is 2. The lowest BCUT2D eigenvalue weighted by Crippen LogP contribution is -2.39. The van der Waals surface area contributed by atoms with E-state index in [2.05, 4.69) is 5.10 Å². The van der Waals surface area contributed by atoms with Gasteiger partial charge in [0, 0.05) is 13.5 Å². The number of benzene rings is 2. The number of carbonyl (C=O) groups excluding carboxylic acids is 2. The molecule has 7 heteroatoms. The molecule has 2 heterocycles. The number of hydrogen-bond donors (Lipinski definition) is 0. The van der Waals surface area contributed by atoms with Crippen LogP contribution in [0.15, 0.2) is 77.2 Å². The third-order valence-corrected chi connectivity index (χ3v) is 6.23. The molecule has 0 spiro atoms. The Morgan fingerprint density at radius 3 is 2.53 bits per heavy atom. The van der Waals surface area contributed by atoms with E-state index < -0.39 is 0 Å². The van der Waals surface area contributed by atoms with E-state index in [0.29, 0.717) is 17.0 Å². The summed E-state index contributed by atoms with van der Waals surface area (Å²) in [5.74, 6) is -0.537. The summed E-state index contributed by atoms with van der Waals surface area (Å²) in [5.41, 5.74) is 2.27. The maximum Gasteiger partial charge on any atom is 0.262 e. The van der Waals surface area contributed by atoms with Crippen LogP contribution in [0.2, 0.25) is 5.02 Å². The van der Waals surface area contributed by atoms with Crippen LogP contribution in [-0.4, -0.2) is 41.0 Å². The van der Waals surface area contributed by atoms with Crippen LogP contribution in [0.1, 0.15) is 33.3 Å². The molecule has 2 amide bonds. The van der Waals surface area contributed by atoms with Crippen LogP contribution < -0.4 is 0 Å². The summed E-state index contributed by atoms with van der Waals surface area (Å²) in [6.45, 7) is -0.0887. The zero-order valence-corrected chi connectivity index (χ0v) is 17.9. The van der Waals surface area contributed by atoms with Crippen LogP contribution in [-0.2, 0) is 4.79 Å². The second-order valence-electron chi connectivity index (χ2n) is 7.03. The molecule has 1 aromatic heterocycles. The van der Waals surface area contributed by atoms with Gasteiger partial charge in [0.05, 0.1) is 27.2 Å². The van der Waals surface area contributed by atoms with Gasteiger partial charge in [-0.05, 0) is 29.1 Å². The fourth-order valence-corrected chi connectivity index (χ4v) is 4.39. The Morgan fingerprint density at radius 2 is 1.83 bits per heavy atom. The molecule has 152 valence electrons. The molecule has 0 saturated carbocycles. The Balaban J connectivity index is 1.56. The third kappa shape index (κ3) is 4.15. The quantitative estimate of drug-likeness (QED) is 0.572. The maximum absolute atomic E-state index is 13.2. The highest BCUT2D eigenvalue weighted by molar-refractivity contribution is 7.12. The Bertz CT molecular complexity index is 1080. The van der Waals surface area contributed by atoms with Crippen LogP contribution in [0, 0.1) is 0 Å². The van der Waals surface area contributed by atoms with Crippen molar-refractivity contribution in [3.05, 3.63) is 93.1 Å². The molecule has 2 aromatic carbocycles. The first-order chi connectivity index (χ1) is 14.5. The molecule has 1 aliphatic rings. The molecule has 1 aliphatic heterocycles. The number of hydrazone groups is 1. The Labute approximate surface area is 184 Å². The lowest BCUT2D eigenvalue weighted by atomic mass is 10.0. The van der Waals surface area contributed by atoms with Crippen molar-refractivity contribution in [2.45, 2.75) is 12.5 Å². The highest BCUT2D eigenvalue weighted by Gasteiger charge is 2.34. The van der Waals surface area contributed by atoms with Crippen LogP contribution in [0.4, 0.5) is 0 Å². The molecule has 30 heavy (non-hydrogen) atoms. The molecule has 0 radical (unpaired) electrons. The summed E-state index contributed by atoms with van der Waals surface area (Å²) in [5, 5.41) is 8.51. The lowest BCUT2D eigenvalue weighted by molar-refractivity contribution is -0.133. The van der Waals surface area contributed by atoms with Crippen LogP contribution in [0.3, 0.4) is 0 Å². The average molecular weight is 438 g/mol. The first-order valence-electron chi connectivity index (χ1n) is 9.53. The van der Waals surface area contributed by atoms with Crippen molar-refractivity contribution in [3.63, 3.8) is 0 Å². The van der Waals surface area contributed by atoms with Crippen molar-refractivity contribution in [1.82, 2.24) is 9.91 Å². The van der Waals surface area contributed by atoms with Gasteiger partial charge in [0.25, 0.3) is 11.8 Å². The summed E-state index contributed by atoms with van der Waals surface area (Å²) < 4.78 is 0. The predicted molar refractivity (Wildman–Crippen MR) is 120 cm³/mol. The minimum Gasteiger partial charge on any atom is -0.332 e. The molecule has 4 rings (SSSR count). The van der Waals surface area contributed by atoms with Crippen molar-refractivity contribution in [2.75, 3.05) is 13.6 Å².